The van der Waals surface area contributed by atoms with E-state index in [9.17, 15) is 0 Å². The van der Waals surface area contributed by atoms with Crippen molar-refractivity contribution >= 4 is 43.6 Å². The van der Waals surface area contributed by atoms with E-state index in [1.165, 1.54) is 66.3 Å². The van der Waals surface area contributed by atoms with Crippen LogP contribution in [0.5, 0.6) is 0 Å². The predicted octanol–water partition coefficient (Wildman–Crippen LogP) is 12.1. The zero-order valence-corrected chi connectivity index (χ0v) is 30.6. The van der Waals surface area contributed by atoms with Crippen molar-refractivity contribution in [2.45, 2.75) is 5.41 Å². The van der Waals surface area contributed by atoms with Gasteiger partial charge >= 0.3 is 0 Å². The molecule has 1 atom stereocenters. The van der Waals surface area contributed by atoms with Gasteiger partial charge in [0.1, 0.15) is 0 Å². The number of hydrogen-bond acceptors (Lipinski definition) is 3. The minimum Gasteiger partial charge on any atom is -0.309 e. The lowest BCUT2D eigenvalue weighted by Gasteiger charge is -2.29. The lowest BCUT2D eigenvalue weighted by atomic mass is 9.72. The molecule has 5 aromatic heterocycles. The lowest BCUT2D eigenvalue weighted by Crippen LogP contribution is -2.26. The van der Waals surface area contributed by atoms with Crippen molar-refractivity contribution in [3.05, 3.63) is 211 Å². The molecule has 0 radical (unpaired) electrons. The van der Waals surface area contributed by atoms with Crippen molar-refractivity contribution < 1.29 is 0 Å². The second kappa shape index (κ2) is 11.2. The van der Waals surface area contributed by atoms with E-state index in [2.05, 4.69) is 177 Å². The Bertz CT molecular complexity index is 3360. The topological polar surface area (TPSA) is 48.5 Å². The Morgan fingerprint density at radius 2 is 1.02 bits per heavy atom. The molecule has 6 aromatic carbocycles. The fourth-order valence-corrected chi connectivity index (χ4v) is 10.3. The molecule has 5 nitrogen and oxygen atoms in total. The van der Waals surface area contributed by atoms with Gasteiger partial charge in [0, 0.05) is 68.8 Å². The number of fused-ring (bicyclic) bond motifs is 17. The van der Waals surface area contributed by atoms with Gasteiger partial charge in [-0.1, -0.05) is 109 Å². The summed E-state index contributed by atoms with van der Waals surface area (Å²) in [5.41, 5.74) is 18.7. The first-order valence-electron chi connectivity index (χ1n) is 19.4. The van der Waals surface area contributed by atoms with Gasteiger partial charge in [0.05, 0.1) is 39.4 Å². The first-order valence-corrected chi connectivity index (χ1v) is 19.4. The minimum absolute atomic E-state index is 0.503. The van der Waals surface area contributed by atoms with Crippen LogP contribution in [0.25, 0.3) is 88.4 Å². The molecule has 13 rings (SSSR count). The molecule has 0 fully saturated rings. The highest BCUT2D eigenvalue weighted by molar-refractivity contribution is 6.16. The van der Waals surface area contributed by atoms with E-state index in [1.54, 1.807) is 0 Å². The van der Waals surface area contributed by atoms with Gasteiger partial charge in [-0.15, -0.1) is 0 Å². The Kier molecular flexibility index (Phi) is 6.04. The average molecular weight is 726 g/mol. The Balaban J connectivity index is 0.990. The lowest BCUT2D eigenvalue weighted by molar-refractivity contribution is 0.761. The molecule has 1 spiro atoms. The van der Waals surface area contributed by atoms with Gasteiger partial charge in [0.15, 0.2) is 0 Å². The summed E-state index contributed by atoms with van der Waals surface area (Å²) in [5, 5.41) is 4.77. The fraction of sp³-hybridized carbons (Fsp3) is 0.0192. The van der Waals surface area contributed by atoms with Gasteiger partial charge in [-0.05, 0) is 87.5 Å². The van der Waals surface area contributed by atoms with E-state index in [0.29, 0.717) is 0 Å². The second-order valence-corrected chi connectivity index (χ2v) is 15.2. The molecule has 0 saturated heterocycles. The molecule has 57 heavy (non-hydrogen) atoms. The standard InChI is InChI=1S/C52H31N5/c1-4-12-43-36(8-1)40-11-7-27-55-51(40)52(43)44-13-5-2-10-41(44)49-45(52)24-23-39-37-9-3-6-14-46(37)57(50(39)49)35-21-17-33(18-22-35)32-15-19-34(20-16-32)56-47-26-29-53-30-42(47)38-25-28-54-31-48(38)56/h1-31H. The molecule has 5 heteroatoms. The molecular formula is C52H31N5. The largest absolute Gasteiger partial charge is 0.309 e. The number of pyridine rings is 3. The molecule has 0 amide bonds. The van der Waals surface area contributed by atoms with Crippen LogP contribution in [-0.2, 0) is 5.41 Å². The maximum absolute atomic E-state index is 5.18. The maximum Gasteiger partial charge on any atom is 0.0898 e. The van der Waals surface area contributed by atoms with Gasteiger partial charge in [0.25, 0.3) is 0 Å². The van der Waals surface area contributed by atoms with Gasteiger partial charge < -0.3 is 9.13 Å². The van der Waals surface area contributed by atoms with Gasteiger partial charge in [-0.2, -0.15) is 0 Å². The highest BCUT2D eigenvalue weighted by Gasteiger charge is 2.53. The predicted molar refractivity (Wildman–Crippen MR) is 230 cm³/mol. The van der Waals surface area contributed by atoms with E-state index in [4.69, 9.17) is 4.98 Å². The summed E-state index contributed by atoms with van der Waals surface area (Å²) in [6.45, 7) is 0. The summed E-state index contributed by atoms with van der Waals surface area (Å²) in [6.07, 6.45) is 9.53. The average Bonchev–Trinajstić information content (AvgIpc) is 3.99. The molecule has 0 saturated carbocycles. The maximum atomic E-state index is 5.18. The smallest absolute Gasteiger partial charge is 0.0898 e. The van der Waals surface area contributed by atoms with Crippen LogP contribution in [0.1, 0.15) is 22.4 Å². The van der Waals surface area contributed by atoms with Crippen LogP contribution in [0.4, 0.5) is 0 Å². The molecule has 0 bridgehead atoms. The van der Waals surface area contributed by atoms with Crippen molar-refractivity contribution in [2.24, 2.45) is 0 Å². The molecule has 11 aromatic rings. The van der Waals surface area contributed by atoms with Crippen LogP contribution >= 0.6 is 0 Å². The first kappa shape index (κ1) is 30.7. The quantitative estimate of drug-likeness (QED) is 0.182. The molecule has 0 N–H and O–H groups in total. The molecule has 5 heterocycles. The van der Waals surface area contributed by atoms with Gasteiger partial charge in [0.2, 0.25) is 0 Å². The number of aromatic nitrogens is 5. The highest BCUT2D eigenvalue weighted by atomic mass is 15.0. The Morgan fingerprint density at radius 1 is 0.386 bits per heavy atom. The molecule has 2 aliphatic rings. The summed E-state index contributed by atoms with van der Waals surface area (Å²) in [7, 11) is 0. The monoisotopic (exact) mass is 725 g/mol. The summed E-state index contributed by atoms with van der Waals surface area (Å²) in [6, 6.07) is 57.8. The highest BCUT2D eigenvalue weighted by Crippen LogP contribution is 2.63. The number of para-hydroxylation sites is 1. The SMILES string of the molecule is c1ccc2c(c1)-c1cccnc1C21c2ccccc2-c2c1ccc1c3ccccc3n(-c3ccc(-c4ccc(-n5c6ccncc6c6ccncc65)cc4)cc3)c21. The number of benzene rings is 6. The second-order valence-electron chi connectivity index (χ2n) is 15.2. The van der Waals surface area contributed by atoms with Crippen molar-refractivity contribution in [1.29, 1.82) is 0 Å². The van der Waals surface area contributed by atoms with Crippen molar-refractivity contribution in [2.75, 3.05) is 0 Å². The van der Waals surface area contributed by atoms with E-state index >= 15 is 0 Å². The fourth-order valence-electron chi connectivity index (χ4n) is 10.3. The third kappa shape index (κ3) is 3.90. The number of hydrogen-bond donors (Lipinski definition) is 0. The summed E-state index contributed by atoms with van der Waals surface area (Å²) >= 11 is 0. The minimum atomic E-state index is -0.503. The van der Waals surface area contributed by atoms with E-state index in [1.807, 2.05) is 31.0 Å². The van der Waals surface area contributed by atoms with E-state index < -0.39 is 5.41 Å². The molecule has 2 aliphatic carbocycles. The third-order valence-electron chi connectivity index (χ3n) is 12.6. The van der Waals surface area contributed by atoms with Crippen LogP contribution in [0.2, 0.25) is 0 Å². The summed E-state index contributed by atoms with van der Waals surface area (Å²) in [4.78, 5) is 14.0. The van der Waals surface area contributed by atoms with Crippen molar-refractivity contribution in [3.8, 4) is 44.8 Å². The van der Waals surface area contributed by atoms with Gasteiger partial charge in [-0.25, -0.2) is 0 Å². The molecule has 264 valence electrons. The normalized spacial score (nSPS) is 15.1. The molecule has 1 unspecified atom stereocenters. The summed E-state index contributed by atoms with van der Waals surface area (Å²) in [5.74, 6) is 0. The molecular weight excluding hydrogens is 695 g/mol. The van der Waals surface area contributed by atoms with Crippen LogP contribution < -0.4 is 0 Å². The Morgan fingerprint density at radius 3 is 1.84 bits per heavy atom. The van der Waals surface area contributed by atoms with Gasteiger partial charge in [-0.3, -0.25) is 15.0 Å². The number of nitrogens with zero attached hydrogens (tertiary/aromatic N) is 5. The Labute approximate surface area is 327 Å². The third-order valence-corrected chi connectivity index (χ3v) is 12.6. The first-order chi connectivity index (χ1) is 28.3. The number of rotatable bonds is 3. The van der Waals surface area contributed by atoms with Crippen LogP contribution in [0, 0.1) is 0 Å². The van der Waals surface area contributed by atoms with Crippen LogP contribution in [0.3, 0.4) is 0 Å². The summed E-state index contributed by atoms with van der Waals surface area (Å²) < 4.78 is 4.76. The van der Waals surface area contributed by atoms with Crippen LogP contribution in [-0.4, -0.2) is 24.1 Å². The van der Waals surface area contributed by atoms with E-state index in [0.717, 1.165) is 44.4 Å². The molecule has 0 aliphatic heterocycles. The van der Waals surface area contributed by atoms with Crippen molar-refractivity contribution in [1.82, 2.24) is 24.1 Å². The zero-order chi connectivity index (χ0) is 37.2. The van der Waals surface area contributed by atoms with Crippen molar-refractivity contribution in [3.63, 3.8) is 0 Å². The zero-order valence-electron chi connectivity index (χ0n) is 30.6. The van der Waals surface area contributed by atoms with E-state index in [-0.39, 0.29) is 0 Å². The van der Waals surface area contributed by atoms with Crippen LogP contribution in [0.15, 0.2) is 189 Å². The Hall–Kier alpha value is -7.63.